The number of rotatable bonds is 2. The summed E-state index contributed by atoms with van der Waals surface area (Å²) in [6.07, 6.45) is 5.11. The van der Waals surface area contributed by atoms with Gasteiger partial charge in [0.05, 0.1) is 0 Å². The van der Waals surface area contributed by atoms with Crippen LogP contribution in [-0.2, 0) is 0 Å². The van der Waals surface area contributed by atoms with Gasteiger partial charge in [0.15, 0.2) is 0 Å². The van der Waals surface area contributed by atoms with Crippen LogP contribution < -0.4 is 0 Å². The van der Waals surface area contributed by atoms with Crippen LogP contribution in [0.4, 0.5) is 0 Å². The molecule has 0 aromatic heterocycles. The maximum atomic E-state index is 4.50. The third-order valence-electron chi connectivity index (χ3n) is 2.36. The van der Waals surface area contributed by atoms with Gasteiger partial charge in [-0.2, -0.15) is 0 Å². The summed E-state index contributed by atoms with van der Waals surface area (Å²) in [5.74, 6) is 1.57. The molecule has 0 aromatic rings. The first-order valence-corrected chi connectivity index (χ1v) is 5.35. The first-order valence-electron chi connectivity index (χ1n) is 5.35. The van der Waals surface area contributed by atoms with Gasteiger partial charge < -0.3 is 0 Å². The maximum absolute atomic E-state index is 4.50. The average Bonchev–Trinajstić information content (AvgIpc) is 2.52. The van der Waals surface area contributed by atoms with Gasteiger partial charge in [0, 0.05) is 17.3 Å². The lowest BCUT2D eigenvalue weighted by Gasteiger charge is -2.09. The number of hydrogen-bond donors (Lipinski definition) is 0. The van der Waals surface area contributed by atoms with Crippen molar-refractivity contribution in [3.8, 4) is 0 Å². The Morgan fingerprint density at radius 2 is 1.64 bits per heavy atom. The second-order valence-corrected chi connectivity index (χ2v) is 4.25. The summed E-state index contributed by atoms with van der Waals surface area (Å²) < 4.78 is 0. The number of nitrogens with zero attached hydrogens (tertiary/aromatic N) is 2. The van der Waals surface area contributed by atoms with E-state index >= 15 is 0 Å². The number of aliphatic imine (C=N–C) groups is 2. The molecule has 0 unspecified atom stereocenters. The Labute approximate surface area is 86.8 Å². The minimum atomic E-state index is 0.571. The lowest BCUT2D eigenvalue weighted by molar-refractivity contribution is 0.720. The van der Waals surface area contributed by atoms with Crippen molar-refractivity contribution < 1.29 is 0 Å². The van der Waals surface area contributed by atoms with Crippen molar-refractivity contribution in [3.63, 3.8) is 0 Å². The first kappa shape index (κ1) is 11.2. The molecule has 0 spiro atoms. The minimum Gasteiger partial charge on any atom is -0.243 e. The molecule has 2 nitrogen and oxygen atoms in total. The van der Waals surface area contributed by atoms with E-state index in [2.05, 4.69) is 16.6 Å². The summed E-state index contributed by atoms with van der Waals surface area (Å²) >= 11 is 0. The second-order valence-electron chi connectivity index (χ2n) is 4.25. The van der Waals surface area contributed by atoms with E-state index < -0.39 is 0 Å². The molecular weight excluding hydrogens is 172 g/mol. The van der Waals surface area contributed by atoms with Gasteiger partial charge >= 0.3 is 0 Å². The Kier molecular flexibility index (Phi) is 4.05. The Hall–Kier alpha value is -0.920. The summed E-state index contributed by atoms with van der Waals surface area (Å²) in [6, 6.07) is 0. The molecule has 0 saturated heterocycles. The van der Waals surface area contributed by atoms with Gasteiger partial charge in [0.1, 0.15) is 5.84 Å². The lowest BCUT2D eigenvalue weighted by Crippen LogP contribution is -2.10. The summed E-state index contributed by atoms with van der Waals surface area (Å²) in [6.45, 7) is 9.78. The topological polar surface area (TPSA) is 24.7 Å². The predicted molar refractivity (Wildman–Crippen MR) is 63.0 cm³/mol. The van der Waals surface area contributed by atoms with Crippen LogP contribution in [0.1, 0.15) is 46.5 Å². The molecule has 0 radical (unpaired) electrons. The van der Waals surface area contributed by atoms with Crippen molar-refractivity contribution in [1.82, 2.24) is 0 Å². The molecule has 1 aliphatic rings. The summed E-state index contributed by atoms with van der Waals surface area (Å²) in [4.78, 5) is 8.94. The van der Waals surface area contributed by atoms with Gasteiger partial charge in [0.25, 0.3) is 0 Å². The van der Waals surface area contributed by atoms with Gasteiger partial charge in [-0.25, -0.2) is 9.98 Å². The third kappa shape index (κ3) is 3.44. The molecule has 0 atom stereocenters. The average molecular weight is 192 g/mol. The molecular formula is C12H20N2. The highest BCUT2D eigenvalue weighted by Gasteiger charge is 2.20. The second kappa shape index (κ2) is 5.08. The largest absolute Gasteiger partial charge is 0.243 e. The Bertz CT molecular complexity index is 264. The van der Waals surface area contributed by atoms with E-state index in [0.29, 0.717) is 5.92 Å². The smallest absolute Gasteiger partial charge is 0.131 e. The highest BCUT2D eigenvalue weighted by Crippen LogP contribution is 2.27. The van der Waals surface area contributed by atoms with Crippen LogP contribution in [0.2, 0.25) is 0 Å². The Balaban J connectivity index is 2.80. The van der Waals surface area contributed by atoms with E-state index in [-0.39, 0.29) is 0 Å². The minimum absolute atomic E-state index is 0.571. The molecule has 2 heteroatoms. The van der Waals surface area contributed by atoms with Crippen LogP contribution in [0, 0.1) is 5.92 Å². The van der Waals surface area contributed by atoms with Crippen molar-refractivity contribution in [2.75, 3.05) is 0 Å². The molecule has 0 aromatic carbocycles. The molecule has 0 bridgehead atoms. The van der Waals surface area contributed by atoms with Crippen molar-refractivity contribution in [1.29, 1.82) is 0 Å². The molecule has 1 aliphatic carbocycles. The zero-order valence-electron chi connectivity index (χ0n) is 9.51. The Morgan fingerprint density at radius 3 is 2.07 bits per heavy atom. The maximum Gasteiger partial charge on any atom is 0.131 e. The number of allylic oxidation sites excluding steroid dienone is 1. The zero-order chi connectivity index (χ0) is 10.6. The SMILES string of the molecule is C=C(C)N=C(N=C(C)C)C1CCCC1. The molecule has 1 rings (SSSR count). The van der Waals surface area contributed by atoms with E-state index in [0.717, 1.165) is 17.2 Å². The molecule has 0 heterocycles. The van der Waals surface area contributed by atoms with E-state index in [9.17, 15) is 0 Å². The van der Waals surface area contributed by atoms with Crippen LogP contribution >= 0.6 is 0 Å². The lowest BCUT2D eigenvalue weighted by atomic mass is 10.1. The fraction of sp³-hybridized carbons (Fsp3) is 0.667. The monoisotopic (exact) mass is 192 g/mol. The fourth-order valence-corrected chi connectivity index (χ4v) is 1.82. The summed E-state index contributed by atoms with van der Waals surface area (Å²) in [5, 5.41) is 0. The zero-order valence-corrected chi connectivity index (χ0v) is 9.51. The van der Waals surface area contributed by atoms with E-state index in [1.165, 1.54) is 25.7 Å². The molecule has 78 valence electrons. The molecule has 1 fully saturated rings. The normalized spacial score (nSPS) is 18.4. The van der Waals surface area contributed by atoms with Gasteiger partial charge in [-0.1, -0.05) is 19.4 Å². The molecule has 0 amide bonds. The summed E-state index contributed by atoms with van der Waals surface area (Å²) in [7, 11) is 0. The van der Waals surface area contributed by atoms with E-state index in [1.54, 1.807) is 0 Å². The van der Waals surface area contributed by atoms with E-state index in [1.807, 2.05) is 20.8 Å². The van der Waals surface area contributed by atoms with Crippen molar-refractivity contribution in [2.24, 2.45) is 15.9 Å². The molecule has 14 heavy (non-hydrogen) atoms. The van der Waals surface area contributed by atoms with Crippen LogP contribution in [0.3, 0.4) is 0 Å². The first-order chi connectivity index (χ1) is 6.59. The standard InChI is InChI=1S/C12H20N2/c1-9(2)13-12(14-10(3)4)11-7-5-6-8-11/h11H,1,5-8H2,2-4H3. The van der Waals surface area contributed by atoms with Crippen molar-refractivity contribution in [2.45, 2.75) is 46.5 Å². The Morgan fingerprint density at radius 1 is 1.07 bits per heavy atom. The molecule has 1 saturated carbocycles. The number of amidine groups is 1. The predicted octanol–water partition coefficient (Wildman–Crippen LogP) is 3.59. The molecule has 0 N–H and O–H groups in total. The van der Waals surface area contributed by atoms with Crippen LogP contribution in [-0.4, -0.2) is 11.5 Å². The summed E-state index contributed by atoms with van der Waals surface area (Å²) in [5.41, 5.74) is 1.94. The van der Waals surface area contributed by atoms with Gasteiger partial charge in [-0.15, -0.1) is 0 Å². The van der Waals surface area contributed by atoms with Gasteiger partial charge in [-0.3, -0.25) is 0 Å². The highest BCUT2D eigenvalue weighted by atomic mass is 14.9. The van der Waals surface area contributed by atoms with Crippen molar-refractivity contribution in [3.05, 3.63) is 12.3 Å². The van der Waals surface area contributed by atoms with Crippen molar-refractivity contribution >= 4 is 11.5 Å². The third-order valence-corrected chi connectivity index (χ3v) is 2.36. The van der Waals surface area contributed by atoms with E-state index in [4.69, 9.17) is 0 Å². The van der Waals surface area contributed by atoms with Gasteiger partial charge in [0.2, 0.25) is 0 Å². The highest BCUT2D eigenvalue weighted by molar-refractivity contribution is 5.97. The van der Waals surface area contributed by atoms with Crippen LogP contribution in [0.5, 0.6) is 0 Å². The number of hydrogen-bond acceptors (Lipinski definition) is 1. The van der Waals surface area contributed by atoms with Crippen LogP contribution in [0.15, 0.2) is 22.3 Å². The fourth-order valence-electron chi connectivity index (χ4n) is 1.82. The molecule has 0 aliphatic heterocycles. The van der Waals surface area contributed by atoms with Crippen LogP contribution in [0.25, 0.3) is 0 Å². The quantitative estimate of drug-likeness (QED) is 0.472. The van der Waals surface area contributed by atoms with Gasteiger partial charge in [-0.05, 0) is 33.6 Å².